The van der Waals surface area contributed by atoms with Crippen LogP contribution < -0.4 is 0 Å². The van der Waals surface area contributed by atoms with Crippen molar-refractivity contribution < 1.29 is 9.21 Å². The normalized spacial score (nSPS) is 18.4. The van der Waals surface area contributed by atoms with E-state index in [2.05, 4.69) is 4.98 Å². The van der Waals surface area contributed by atoms with Gasteiger partial charge in [-0.25, -0.2) is 4.98 Å². The van der Waals surface area contributed by atoms with Gasteiger partial charge in [0.05, 0.1) is 5.69 Å². The maximum Gasteiger partial charge on any atom is 0.198 e. The fourth-order valence-electron chi connectivity index (χ4n) is 1.66. The van der Waals surface area contributed by atoms with E-state index in [0.717, 1.165) is 25.0 Å². The van der Waals surface area contributed by atoms with Crippen molar-refractivity contribution in [2.45, 2.75) is 25.7 Å². The molecule has 14 heavy (non-hydrogen) atoms. The average Bonchev–Trinajstić information content (AvgIpc) is 2.61. The van der Waals surface area contributed by atoms with Gasteiger partial charge in [0.2, 0.25) is 0 Å². The van der Waals surface area contributed by atoms with Gasteiger partial charge in [-0.2, -0.15) is 11.8 Å². The van der Waals surface area contributed by atoms with Crippen molar-refractivity contribution in [1.29, 1.82) is 0 Å². The minimum atomic E-state index is 0.387. The van der Waals surface area contributed by atoms with Crippen LogP contribution in [0.15, 0.2) is 4.42 Å². The molecular formula is C10H13NO2S. The molecule has 1 aliphatic rings. The minimum Gasteiger partial charge on any atom is -0.437 e. The van der Waals surface area contributed by atoms with Crippen molar-refractivity contribution in [3.05, 3.63) is 17.3 Å². The van der Waals surface area contributed by atoms with Gasteiger partial charge < -0.3 is 4.42 Å². The molecule has 1 aliphatic heterocycles. The van der Waals surface area contributed by atoms with Crippen molar-refractivity contribution in [3.8, 4) is 0 Å². The largest absolute Gasteiger partial charge is 0.437 e. The third-order valence-electron chi connectivity index (χ3n) is 2.53. The van der Waals surface area contributed by atoms with Crippen molar-refractivity contribution in [1.82, 2.24) is 4.98 Å². The van der Waals surface area contributed by atoms with Gasteiger partial charge in [-0.15, -0.1) is 0 Å². The van der Waals surface area contributed by atoms with Gasteiger partial charge in [0.25, 0.3) is 0 Å². The van der Waals surface area contributed by atoms with E-state index < -0.39 is 0 Å². The molecule has 0 amide bonds. The quantitative estimate of drug-likeness (QED) is 0.704. The van der Waals surface area contributed by atoms with Crippen molar-refractivity contribution in [2.75, 3.05) is 11.5 Å². The molecule has 2 rings (SSSR count). The van der Waals surface area contributed by atoms with E-state index in [4.69, 9.17) is 4.42 Å². The highest BCUT2D eigenvalue weighted by atomic mass is 32.2. The SMILES string of the molecule is Cc1nc(C2CCSCC2)oc1C=O. The van der Waals surface area contributed by atoms with Crippen LogP contribution >= 0.6 is 11.8 Å². The third kappa shape index (κ3) is 1.85. The van der Waals surface area contributed by atoms with Gasteiger partial charge in [0.15, 0.2) is 17.9 Å². The van der Waals surface area contributed by atoms with E-state index in [-0.39, 0.29) is 0 Å². The molecular weight excluding hydrogens is 198 g/mol. The Bertz CT molecular complexity index is 329. The lowest BCUT2D eigenvalue weighted by atomic mass is 10.0. The number of aromatic nitrogens is 1. The number of oxazole rings is 1. The van der Waals surface area contributed by atoms with Crippen LogP contribution in [0.2, 0.25) is 0 Å². The third-order valence-corrected chi connectivity index (χ3v) is 3.58. The molecule has 0 N–H and O–H groups in total. The van der Waals surface area contributed by atoms with E-state index in [1.807, 2.05) is 18.7 Å². The zero-order chi connectivity index (χ0) is 9.97. The maximum atomic E-state index is 10.6. The summed E-state index contributed by atoms with van der Waals surface area (Å²) < 4.78 is 5.41. The standard InChI is InChI=1S/C10H13NO2S/c1-7-9(6-12)13-10(11-7)8-2-4-14-5-3-8/h6,8H,2-5H2,1H3. The summed E-state index contributed by atoms with van der Waals surface area (Å²) in [7, 11) is 0. The number of hydrogen-bond donors (Lipinski definition) is 0. The molecule has 0 saturated carbocycles. The number of nitrogens with zero attached hydrogens (tertiary/aromatic N) is 1. The van der Waals surface area contributed by atoms with E-state index in [9.17, 15) is 4.79 Å². The monoisotopic (exact) mass is 211 g/mol. The summed E-state index contributed by atoms with van der Waals surface area (Å²) in [5, 5.41) is 0. The highest BCUT2D eigenvalue weighted by Gasteiger charge is 2.21. The number of aldehydes is 1. The molecule has 4 heteroatoms. The first kappa shape index (κ1) is 9.77. The molecule has 0 bridgehead atoms. The van der Waals surface area contributed by atoms with E-state index in [1.165, 1.54) is 11.5 Å². The Kier molecular flexibility index (Phi) is 2.91. The highest BCUT2D eigenvalue weighted by molar-refractivity contribution is 7.99. The predicted octanol–water partition coefficient (Wildman–Crippen LogP) is 2.41. The van der Waals surface area contributed by atoms with Crippen LogP contribution in [-0.2, 0) is 0 Å². The summed E-state index contributed by atoms with van der Waals surface area (Å²) >= 11 is 1.97. The molecule has 0 radical (unpaired) electrons. The maximum absolute atomic E-state index is 10.6. The van der Waals surface area contributed by atoms with Gasteiger partial charge in [-0.05, 0) is 31.3 Å². The molecule has 1 aromatic heterocycles. The Morgan fingerprint density at radius 3 is 2.79 bits per heavy atom. The van der Waals surface area contributed by atoms with Gasteiger partial charge in [-0.1, -0.05) is 0 Å². The Morgan fingerprint density at radius 2 is 2.21 bits per heavy atom. The van der Waals surface area contributed by atoms with Crippen molar-refractivity contribution in [3.63, 3.8) is 0 Å². The number of carbonyl (C=O) groups is 1. The summed E-state index contributed by atoms with van der Waals surface area (Å²) in [5.74, 6) is 3.90. The van der Waals surface area contributed by atoms with Gasteiger partial charge >= 0.3 is 0 Å². The highest BCUT2D eigenvalue weighted by Crippen LogP contribution is 2.31. The number of rotatable bonds is 2. The fourth-order valence-corrected chi connectivity index (χ4v) is 2.76. The summed E-state index contributed by atoms with van der Waals surface area (Å²) in [6.07, 6.45) is 2.97. The fraction of sp³-hybridized carbons (Fsp3) is 0.600. The number of carbonyl (C=O) groups excluding carboxylic acids is 1. The Labute approximate surface area is 87.3 Å². The van der Waals surface area contributed by atoms with Crippen LogP contribution in [0.3, 0.4) is 0 Å². The lowest BCUT2D eigenvalue weighted by molar-refractivity contribution is 0.109. The van der Waals surface area contributed by atoms with Gasteiger partial charge in [0.1, 0.15) is 0 Å². The molecule has 1 fully saturated rings. The van der Waals surface area contributed by atoms with Crippen molar-refractivity contribution in [2.24, 2.45) is 0 Å². The van der Waals surface area contributed by atoms with Crippen molar-refractivity contribution >= 4 is 18.0 Å². The second-order valence-corrected chi connectivity index (χ2v) is 4.73. The molecule has 76 valence electrons. The average molecular weight is 211 g/mol. The summed E-state index contributed by atoms with van der Waals surface area (Å²) in [5.41, 5.74) is 0.716. The van der Waals surface area contributed by atoms with Crippen LogP contribution in [-0.4, -0.2) is 22.8 Å². The molecule has 0 aromatic carbocycles. The molecule has 1 saturated heterocycles. The van der Waals surface area contributed by atoms with Crippen LogP contribution in [0.25, 0.3) is 0 Å². The molecule has 2 heterocycles. The summed E-state index contributed by atoms with van der Waals surface area (Å²) in [4.78, 5) is 14.9. The topological polar surface area (TPSA) is 43.1 Å². The zero-order valence-corrected chi connectivity index (χ0v) is 8.97. The smallest absolute Gasteiger partial charge is 0.198 e. The first-order chi connectivity index (χ1) is 6.81. The van der Waals surface area contributed by atoms with Crippen LogP contribution in [0.5, 0.6) is 0 Å². The summed E-state index contributed by atoms with van der Waals surface area (Å²) in [6.45, 7) is 1.81. The molecule has 0 atom stereocenters. The number of thioether (sulfide) groups is 1. The molecule has 0 aliphatic carbocycles. The lowest BCUT2D eigenvalue weighted by Crippen LogP contribution is -2.07. The first-order valence-electron chi connectivity index (χ1n) is 4.81. The Balaban J connectivity index is 2.18. The molecule has 0 spiro atoms. The van der Waals surface area contributed by atoms with E-state index in [1.54, 1.807) is 0 Å². The Hall–Kier alpha value is -0.770. The second-order valence-electron chi connectivity index (χ2n) is 3.51. The van der Waals surface area contributed by atoms with Crippen LogP contribution in [0, 0.1) is 6.92 Å². The van der Waals surface area contributed by atoms with E-state index in [0.29, 0.717) is 17.4 Å². The first-order valence-corrected chi connectivity index (χ1v) is 5.97. The molecule has 3 nitrogen and oxygen atoms in total. The zero-order valence-electron chi connectivity index (χ0n) is 8.16. The summed E-state index contributed by atoms with van der Waals surface area (Å²) in [6, 6.07) is 0. The van der Waals surface area contributed by atoms with Gasteiger partial charge in [0, 0.05) is 5.92 Å². The Morgan fingerprint density at radius 1 is 1.50 bits per heavy atom. The lowest BCUT2D eigenvalue weighted by Gasteiger charge is -2.17. The molecule has 1 aromatic rings. The minimum absolute atomic E-state index is 0.387. The number of aryl methyl sites for hydroxylation is 1. The van der Waals surface area contributed by atoms with E-state index >= 15 is 0 Å². The van der Waals surface area contributed by atoms with Crippen LogP contribution in [0.1, 0.15) is 40.9 Å². The van der Waals surface area contributed by atoms with Gasteiger partial charge in [-0.3, -0.25) is 4.79 Å². The predicted molar refractivity (Wildman–Crippen MR) is 55.9 cm³/mol. The molecule has 0 unspecified atom stereocenters. The second kappa shape index (κ2) is 4.17. The van der Waals surface area contributed by atoms with Crippen LogP contribution in [0.4, 0.5) is 0 Å². The number of hydrogen-bond acceptors (Lipinski definition) is 4.